The molecule has 8 heteroatoms. The number of hydrogen-bond donors (Lipinski definition) is 2. The van der Waals surface area contributed by atoms with E-state index in [0.29, 0.717) is 18.4 Å². The summed E-state index contributed by atoms with van der Waals surface area (Å²) in [6.07, 6.45) is -2.24. The van der Waals surface area contributed by atoms with Crippen LogP contribution in [0.2, 0.25) is 0 Å². The second kappa shape index (κ2) is 10.4. The minimum atomic E-state index is -4.47. The van der Waals surface area contributed by atoms with Gasteiger partial charge in [0.2, 0.25) is 5.91 Å². The van der Waals surface area contributed by atoms with Gasteiger partial charge in [0.15, 0.2) is 0 Å². The summed E-state index contributed by atoms with van der Waals surface area (Å²) < 4.78 is 38.4. The van der Waals surface area contributed by atoms with Crippen LogP contribution in [0.25, 0.3) is 0 Å². The molecule has 0 saturated carbocycles. The molecular weight excluding hydrogens is 417 g/mol. The first kappa shape index (κ1) is 23.4. The lowest BCUT2D eigenvalue weighted by Gasteiger charge is -2.25. The summed E-state index contributed by atoms with van der Waals surface area (Å²) in [4.78, 5) is 20.8. The maximum absolute atomic E-state index is 12.8. The third-order valence-electron chi connectivity index (χ3n) is 5.11. The lowest BCUT2D eigenvalue weighted by atomic mass is 9.99. The van der Waals surface area contributed by atoms with Gasteiger partial charge in [0.05, 0.1) is 11.7 Å². The third kappa shape index (κ3) is 6.13. The number of nitrogens with one attached hydrogen (secondary N) is 2. The van der Waals surface area contributed by atoms with Crippen molar-refractivity contribution in [2.24, 2.45) is 0 Å². The molecule has 0 radical (unpaired) electrons. The van der Waals surface area contributed by atoms with Gasteiger partial charge in [-0.15, -0.1) is 0 Å². The molecule has 2 heterocycles. The molecule has 0 aliphatic rings. The van der Waals surface area contributed by atoms with Crippen molar-refractivity contribution in [3.63, 3.8) is 0 Å². The molecule has 0 saturated heterocycles. The fraction of sp³-hybridized carbons (Fsp3) is 0.292. The maximum Gasteiger partial charge on any atom is 0.433 e. The van der Waals surface area contributed by atoms with Gasteiger partial charge in [-0.05, 0) is 49.1 Å². The van der Waals surface area contributed by atoms with E-state index in [-0.39, 0.29) is 11.9 Å². The number of nitrogens with zero attached hydrogens (tertiary/aromatic N) is 2. The second-order valence-corrected chi connectivity index (χ2v) is 7.47. The molecule has 0 spiro atoms. The smallest absolute Gasteiger partial charge is 0.358 e. The van der Waals surface area contributed by atoms with Crippen LogP contribution in [0.15, 0.2) is 66.9 Å². The number of amides is 1. The lowest BCUT2D eigenvalue weighted by Crippen LogP contribution is -2.38. The molecular formula is C24H25F3N4O. The monoisotopic (exact) mass is 442 g/mol. The Labute approximate surface area is 185 Å². The average molecular weight is 442 g/mol. The van der Waals surface area contributed by atoms with Gasteiger partial charge in [0.25, 0.3) is 0 Å². The Morgan fingerprint density at radius 2 is 1.78 bits per heavy atom. The first-order valence-corrected chi connectivity index (χ1v) is 10.3. The van der Waals surface area contributed by atoms with Crippen LogP contribution in [-0.2, 0) is 17.4 Å². The summed E-state index contributed by atoms with van der Waals surface area (Å²) in [7, 11) is 1.58. The highest BCUT2D eigenvalue weighted by atomic mass is 19.4. The molecule has 0 bridgehead atoms. The van der Waals surface area contributed by atoms with Crippen molar-refractivity contribution in [2.45, 2.75) is 38.0 Å². The molecule has 2 atom stereocenters. The number of rotatable bonds is 8. The van der Waals surface area contributed by atoms with E-state index < -0.39 is 17.9 Å². The largest absolute Gasteiger partial charge is 0.433 e. The van der Waals surface area contributed by atoms with E-state index in [1.165, 1.54) is 12.3 Å². The zero-order chi connectivity index (χ0) is 23.1. The molecule has 168 valence electrons. The van der Waals surface area contributed by atoms with Gasteiger partial charge in [-0.2, -0.15) is 13.2 Å². The van der Waals surface area contributed by atoms with Crippen LogP contribution in [0, 0.1) is 6.92 Å². The summed E-state index contributed by atoms with van der Waals surface area (Å²) in [5.41, 5.74) is 2.16. The zero-order valence-electron chi connectivity index (χ0n) is 17.9. The number of carbonyl (C=O) groups excluding carboxylic acids is 1. The van der Waals surface area contributed by atoms with Crippen LogP contribution in [0.4, 0.5) is 13.2 Å². The average Bonchev–Trinajstić information content (AvgIpc) is 2.79. The van der Waals surface area contributed by atoms with E-state index in [9.17, 15) is 18.0 Å². The van der Waals surface area contributed by atoms with E-state index in [1.807, 2.05) is 55.5 Å². The Kier molecular flexibility index (Phi) is 7.58. The number of likely N-dealkylation sites (N-methyl/N-ethyl adjacent to an activating group) is 1. The van der Waals surface area contributed by atoms with E-state index in [4.69, 9.17) is 0 Å². The van der Waals surface area contributed by atoms with Crippen LogP contribution in [-0.4, -0.2) is 22.9 Å². The van der Waals surface area contributed by atoms with E-state index in [0.717, 1.165) is 23.0 Å². The molecule has 5 nitrogen and oxygen atoms in total. The standard InChI is InChI=1S/C24H25F3N4O/c1-16-7-6-10-19(30-16)20(13-11-17-12-14-21(29-15-17)24(25,26)27)31-22(23(32)28-2)18-8-4-3-5-9-18/h3-10,12,14-15,20,22,31H,11,13H2,1-2H3,(H,28,32)/t20-,22+/m1/s1. The van der Waals surface area contributed by atoms with E-state index in [2.05, 4.69) is 20.6 Å². The SMILES string of the molecule is CNC(=O)[C@@H](N[C@H](CCc1ccc(C(F)(F)F)nc1)c1cccc(C)n1)c1ccccc1. The highest BCUT2D eigenvalue weighted by Gasteiger charge is 2.32. The Balaban J connectivity index is 1.84. The molecule has 2 aromatic heterocycles. The lowest BCUT2D eigenvalue weighted by molar-refractivity contribution is -0.141. The Bertz CT molecular complexity index is 1020. The quantitative estimate of drug-likeness (QED) is 0.537. The van der Waals surface area contributed by atoms with Crippen molar-refractivity contribution >= 4 is 5.91 Å². The Morgan fingerprint density at radius 3 is 2.38 bits per heavy atom. The van der Waals surface area contributed by atoms with Crippen molar-refractivity contribution in [3.05, 3.63) is 95.1 Å². The molecule has 0 fully saturated rings. The number of hydrogen-bond acceptors (Lipinski definition) is 4. The normalized spacial score (nSPS) is 13.4. The molecule has 32 heavy (non-hydrogen) atoms. The number of carbonyl (C=O) groups is 1. The summed E-state index contributed by atoms with van der Waals surface area (Å²) in [6, 6.07) is 16.5. The van der Waals surface area contributed by atoms with Gasteiger partial charge in [0, 0.05) is 18.9 Å². The first-order valence-electron chi connectivity index (χ1n) is 10.3. The van der Waals surface area contributed by atoms with E-state index >= 15 is 0 Å². The molecule has 2 N–H and O–H groups in total. The van der Waals surface area contributed by atoms with Crippen molar-refractivity contribution < 1.29 is 18.0 Å². The minimum absolute atomic E-state index is 0.190. The van der Waals surface area contributed by atoms with Gasteiger partial charge >= 0.3 is 6.18 Å². The van der Waals surface area contributed by atoms with Crippen LogP contribution in [0.5, 0.6) is 0 Å². The fourth-order valence-electron chi connectivity index (χ4n) is 3.44. The van der Waals surface area contributed by atoms with E-state index in [1.54, 1.807) is 7.05 Å². The van der Waals surface area contributed by atoms with Crippen molar-refractivity contribution in [3.8, 4) is 0 Å². The number of aryl methyl sites for hydroxylation is 2. The van der Waals surface area contributed by atoms with Gasteiger partial charge < -0.3 is 5.32 Å². The number of halogens is 3. The molecule has 3 rings (SSSR count). The summed E-state index contributed by atoms with van der Waals surface area (Å²) >= 11 is 0. The van der Waals surface area contributed by atoms with Gasteiger partial charge in [0.1, 0.15) is 11.7 Å². The molecule has 0 unspecified atom stereocenters. The highest BCUT2D eigenvalue weighted by Crippen LogP contribution is 2.28. The van der Waals surface area contributed by atoms with Crippen LogP contribution in [0.3, 0.4) is 0 Å². The topological polar surface area (TPSA) is 66.9 Å². The van der Waals surface area contributed by atoms with Crippen molar-refractivity contribution in [2.75, 3.05) is 7.05 Å². The Morgan fingerprint density at radius 1 is 1.03 bits per heavy atom. The summed E-state index contributed by atoms with van der Waals surface area (Å²) in [5, 5.41) is 6.08. The number of pyridine rings is 2. The second-order valence-electron chi connectivity index (χ2n) is 7.47. The van der Waals surface area contributed by atoms with Crippen LogP contribution < -0.4 is 10.6 Å². The Hall–Kier alpha value is -3.26. The molecule has 1 aromatic carbocycles. The zero-order valence-corrected chi connectivity index (χ0v) is 17.9. The fourth-order valence-corrected chi connectivity index (χ4v) is 3.44. The van der Waals surface area contributed by atoms with Crippen molar-refractivity contribution in [1.29, 1.82) is 0 Å². The van der Waals surface area contributed by atoms with Crippen LogP contribution in [0.1, 0.15) is 46.7 Å². The van der Waals surface area contributed by atoms with Crippen LogP contribution >= 0.6 is 0 Å². The van der Waals surface area contributed by atoms with Gasteiger partial charge in [-0.1, -0.05) is 42.5 Å². The van der Waals surface area contributed by atoms with Crippen molar-refractivity contribution in [1.82, 2.24) is 20.6 Å². The number of benzene rings is 1. The number of alkyl halides is 3. The summed E-state index contributed by atoms with van der Waals surface area (Å²) in [5.74, 6) is -0.190. The minimum Gasteiger partial charge on any atom is -0.358 e. The maximum atomic E-state index is 12.8. The summed E-state index contributed by atoms with van der Waals surface area (Å²) in [6.45, 7) is 1.88. The first-order chi connectivity index (χ1) is 15.3. The van der Waals surface area contributed by atoms with Gasteiger partial charge in [-0.3, -0.25) is 20.1 Å². The molecule has 0 aliphatic carbocycles. The van der Waals surface area contributed by atoms with Gasteiger partial charge in [-0.25, -0.2) is 0 Å². The molecule has 3 aromatic rings. The predicted octanol–water partition coefficient (Wildman–Crippen LogP) is 4.55. The highest BCUT2D eigenvalue weighted by molar-refractivity contribution is 5.82. The number of aromatic nitrogens is 2. The molecule has 0 aliphatic heterocycles. The molecule has 1 amide bonds. The third-order valence-corrected chi connectivity index (χ3v) is 5.11. The predicted molar refractivity (Wildman–Crippen MR) is 116 cm³/mol.